The van der Waals surface area contributed by atoms with Gasteiger partial charge in [-0.15, -0.1) is 0 Å². The quantitative estimate of drug-likeness (QED) is 0.711. The Labute approximate surface area is 128 Å². The Morgan fingerprint density at radius 2 is 2.10 bits per heavy atom. The molecule has 0 aliphatic carbocycles. The SMILES string of the molecule is COCCNCC(=O)Nc1cc(Br)cc(OC(C)C)c1. The van der Waals surface area contributed by atoms with E-state index in [9.17, 15) is 4.79 Å². The molecule has 0 spiro atoms. The number of ether oxygens (including phenoxy) is 2. The fraction of sp³-hybridized carbons (Fsp3) is 0.500. The molecule has 20 heavy (non-hydrogen) atoms. The molecule has 5 nitrogen and oxygen atoms in total. The van der Waals surface area contributed by atoms with Gasteiger partial charge >= 0.3 is 0 Å². The van der Waals surface area contributed by atoms with Gasteiger partial charge < -0.3 is 20.1 Å². The van der Waals surface area contributed by atoms with Crippen LogP contribution < -0.4 is 15.4 Å². The van der Waals surface area contributed by atoms with Crippen molar-refractivity contribution >= 4 is 27.5 Å². The van der Waals surface area contributed by atoms with Gasteiger partial charge in [0.1, 0.15) is 5.75 Å². The number of carbonyl (C=O) groups is 1. The zero-order chi connectivity index (χ0) is 15.0. The second-order valence-corrected chi connectivity index (χ2v) is 5.48. The van der Waals surface area contributed by atoms with E-state index >= 15 is 0 Å². The van der Waals surface area contributed by atoms with Crippen molar-refractivity contribution in [3.63, 3.8) is 0 Å². The van der Waals surface area contributed by atoms with Gasteiger partial charge in [0.15, 0.2) is 0 Å². The van der Waals surface area contributed by atoms with Crippen molar-refractivity contribution in [3.05, 3.63) is 22.7 Å². The van der Waals surface area contributed by atoms with Crippen molar-refractivity contribution in [2.75, 3.05) is 32.1 Å². The summed E-state index contributed by atoms with van der Waals surface area (Å²) < 4.78 is 11.4. The molecule has 1 rings (SSSR count). The van der Waals surface area contributed by atoms with E-state index in [0.29, 0.717) is 18.8 Å². The molecule has 1 amide bonds. The van der Waals surface area contributed by atoms with Crippen LogP contribution in [0, 0.1) is 0 Å². The number of anilines is 1. The Kier molecular flexibility index (Phi) is 7.58. The maximum Gasteiger partial charge on any atom is 0.238 e. The molecule has 0 radical (unpaired) electrons. The molecule has 0 saturated heterocycles. The Balaban J connectivity index is 2.53. The third-order valence-electron chi connectivity index (χ3n) is 2.30. The first-order valence-electron chi connectivity index (χ1n) is 6.48. The van der Waals surface area contributed by atoms with Crippen LogP contribution in [-0.2, 0) is 9.53 Å². The van der Waals surface area contributed by atoms with Gasteiger partial charge in [-0.25, -0.2) is 0 Å². The number of benzene rings is 1. The summed E-state index contributed by atoms with van der Waals surface area (Å²) in [5.41, 5.74) is 0.702. The standard InChI is InChI=1S/C14H21BrN2O3/c1-10(2)20-13-7-11(15)6-12(8-13)17-14(18)9-16-4-5-19-3/h6-8,10,16H,4-5,9H2,1-3H3,(H,17,18). The van der Waals surface area contributed by atoms with Crippen LogP contribution in [0.2, 0.25) is 0 Å². The lowest BCUT2D eigenvalue weighted by molar-refractivity contribution is -0.115. The summed E-state index contributed by atoms with van der Waals surface area (Å²) in [6, 6.07) is 5.50. The predicted molar refractivity (Wildman–Crippen MR) is 83.3 cm³/mol. The van der Waals surface area contributed by atoms with Crippen LogP contribution >= 0.6 is 15.9 Å². The number of methoxy groups -OCH3 is 1. The van der Waals surface area contributed by atoms with Crippen molar-refractivity contribution in [3.8, 4) is 5.75 Å². The van der Waals surface area contributed by atoms with Crippen LogP contribution in [0.15, 0.2) is 22.7 Å². The number of rotatable bonds is 8. The Morgan fingerprint density at radius 3 is 2.75 bits per heavy atom. The normalized spacial score (nSPS) is 10.7. The number of amides is 1. The smallest absolute Gasteiger partial charge is 0.238 e. The predicted octanol–water partition coefficient (Wildman–Crippen LogP) is 2.41. The summed E-state index contributed by atoms with van der Waals surface area (Å²) in [5.74, 6) is 0.617. The molecule has 0 unspecified atom stereocenters. The zero-order valence-electron chi connectivity index (χ0n) is 12.0. The van der Waals surface area contributed by atoms with Crippen molar-refractivity contribution in [2.24, 2.45) is 0 Å². The first-order chi connectivity index (χ1) is 9.51. The van der Waals surface area contributed by atoms with Gasteiger partial charge in [0, 0.05) is 29.9 Å². The molecule has 0 bridgehead atoms. The molecule has 2 N–H and O–H groups in total. The summed E-state index contributed by atoms with van der Waals surface area (Å²) in [4.78, 5) is 11.7. The Hall–Kier alpha value is -1.11. The van der Waals surface area contributed by atoms with E-state index in [1.54, 1.807) is 13.2 Å². The number of hydrogen-bond donors (Lipinski definition) is 2. The maximum absolute atomic E-state index is 11.7. The molecular weight excluding hydrogens is 324 g/mol. The summed E-state index contributed by atoms with van der Waals surface area (Å²) in [7, 11) is 1.62. The minimum absolute atomic E-state index is 0.0866. The molecule has 112 valence electrons. The summed E-state index contributed by atoms with van der Waals surface area (Å²) in [6.07, 6.45) is 0.0866. The molecule has 6 heteroatoms. The molecular formula is C14H21BrN2O3. The highest BCUT2D eigenvalue weighted by Gasteiger charge is 2.06. The van der Waals surface area contributed by atoms with Crippen molar-refractivity contribution in [2.45, 2.75) is 20.0 Å². The molecule has 0 aromatic heterocycles. The lowest BCUT2D eigenvalue weighted by atomic mass is 10.3. The zero-order valence-corrected chi connectivity index (χ0v) is 13.6. The van der Waals surface area contributed by atoms with E-state index in [4.69, 9.17) is 9.47 Å². The molecule has 1 aromatic carbocycles. The third kappa shape index (κ3) is 6.88. The van der Waals surface area contributed by atoms with E-state index in [-0.39, 0.29) is 18.6 Å². The molecule has 0 fully saturated rings. The van der Waals surface area contributed by atoms with Crippen LogP contribution in [-0.4, -0.2) is 38.8 Å². The summed E-state index contributed by atoms with van der Waals surface area (Å²) in [6.45, 7) is 5.38. The number of halogens is 1. The number of carbonyl (C=O) groups excluding carboxylic acids is 1. The second kappa shape index (κ2) is 8.94. The van der Waals surface area contributed by atoms with Crippen LogP contribution in [0.3, 0.4) is 0 Å². The van der Waals surface area contributed by atoms with E-state index in [1.807, 2.05) is 26.0 Å². The molecule has 0 aliphatic heterocycles. The van der Waals surface area contributed by atoms with E-state index in [0.717, 1.165) is 10.2 Å². The highest BCUT2D eigenvalue weighted by molar-refractivity contribution is 9.10. The Bertz CT molecular complexity index is 438. The average Bonchev–Trinajstić information content (AvgIpc) is 2.33. The van der Waals surface area contributed by atoms with Crippen LogP contribution in [0.5, 0.6) is 5.75 Å². The van der Waals surface area contributed by atoms with Gasteiger partial charge in [0.2, 0.25) is 5.91 Å². The fourth-order valence-electron chi connectivity index (χ4n) is 1.56. The van der Waals surface area contributed by atoms with E-state index < -0.39 is 0 Å². The average molecular weight is 345 g/mol. The van der Waals surface area contributed by atoms with E-state index in [1.165, 1.54) is 0 Å². The Morgan fingerprint density at radius 1 is 1.35 bits per heavy atom. The van der Waals surface area contributed by atoms with Crippen molar-refractivity contribution in [1.29, 1.82) is 0 Å². The lowest BCUT2D eigenvalue weighted by Gasteiger charge is -2.12. The van der Waals surface area contributed by atoms with Gasteiger partial charge in [-0.05, 0) is 26.0 Å². The summed E-state index contributed by atoms with van der Waals surface area (Å²) >= 11 is 3.40. The maximum atomic E-state index is 11.7. The van der Waals surface area contributed by atoms with Crippen LogP contribution in [0.1, 0.15) is 13.8 Å². The highest BCUT2D eigenvalue weighted by Crippen LogP contribution is 2.25. The fourth-order valence-corrected chi connectivity index (χ4v) is 2.03. The van der Waals surface area contributed by atoms with Crippen molar-refractivity contribution in [1.82, 2.24) is 5.32 Å². The lowest BCUT2D eigenvalue weighted by Crippen LogP contribution is -2.30. The second-order valence-electron chi connectivity index (χ2n) is 4.56. The largest absolute Gasteiger partial charge is 0.491 e. The topological polar surface area (TPSA) is 59.6 Å². The van der Waals surface area contributed by atoms with Gasteiger partial charge in [0.05, 0.1) is 19.3 Å². The molecule has 0 atom stereocenters. The van der Waals surface area contributed by atoms with Gasteiger partial charge in [0.25, 0.3) is 0 Å². The van der Waals surface area contributed by atoms with Gasteiger partial charge in [-0.3, -0.25) is 4.79 Å². The third-order valence-corrected chi connectivity index (χ3v) is 2.75. The minimum Gasteiger partial charge on any atom is -0.491 e. The van der Waals surface area contributed by atoms with Crippen LogP contribution in [0.4, 0.5) is 5.69 Å². The molecule has 1 aromatic rings. The highest BCUT2D eigenvalue weighted by atomic mass is 79.9. The minimum atomic E-state index is -0.102. The monoisotopic (exact) mass is 344 g/mol. The van der Waals surface area contributed by atoms with Gasteiger partial charge in [-0.1, -0.05) is 15.9 Å². The number of nitrogens with one attached hydrogen (secondary N) is 2. The van der Waals surface area contributed by atoms with Gasteiger partial charge in [-0.2, -0.15) is 0 Å². The summed E-state index contributed by atoms with van der Waals surface area (Å²) in [5, 5.41) is 5.81. The van der Waals surface area contributed by atoms with Crippen molar-refractivity contribution < 1.29 is 14.3 Å². The van der Waals surface area contributed by atoms with Crippen LogP contribution in [0.25, 0.3) is 0 Å². The number of hydrogen-bond acceptors (Lipinski definition) is 4. The van der Waals surface area contributed by atoms with E-state index in [2.05, 4.69) is 26.6 Å². The molecule has 0 heterocycles. The molecule has 0 aliphatic rings. The first-order valence-corrected chi connectivity index (χ1v) is 7.27. The first kappa shape index (κ1) is 16.9. The molecule has 0 saturated carbocycles.